The minimum atomic E-state index is -0.878. The molecular weight excluding hydrogens is 363 g/mol. The SMILES string of the molecule is CC(Oc1ccc(F)cc1)C(=O)NNC(=O)COc1ccc(C(C)(C)C)cc1. The Balaban J connectivity index is 1.74. The van der Waals surface area contributed by atoms with E-state index in [1.165, 1.54) is 31.2 Å². The second-order valence-corrected chi connectivity index (χ2v) is 7.31. The molecule has 2 aromatic carbocycles. The maximum Gasteiger partial charge on any atom is 0.279 e. The highest BCUT2D eigenvalue weighted by molar-refractivity contribution is 5.85. The molecule has 2 rings (SSSR count). The molecule has 0 heterocycles. The summed E-state index contributed by atoms with van der Waals surface area (Å²) >= 11 is 0. The maximum absolute atomic E-state index is 12.9. The van der Waals surface area contributed by atoms with Gasteiger partial charge < -0.3 is 9.47 Å². The highest BCUT2D eigenvalue weighted by atomic mass is 19.1. The summed E-state index contributed by atoms with van der Waals surface area (Å²) in [6.07, 6.45) is -0.878. The van der Waals surface area contributed by atoms with Crippen LogP contribution in [0.3, 0.4) is 0 Å². The van der Waals surface area contributed by atoms with Crippen molar-refractivity contribution in [1.82, 2.24) is 10.9 Å². The number of carbonyl (C=O) groups excluding carboxylic acids is 2. The minimum absolute atomic E-state index is 0.0346. The first-order valence-electron chi connectivity index (χ1n) is 8.89. The number of benzene rings is 2. The highest BCUT2D eigenvalue weighted by Gasteiger charge is 2.16. The van der Waals surface area contributed by atoms with Crippen LogP contribution in [-0.2, 0) is 15.0 Å². The molecule has 0 aliphatic rings. The fraction of sp³-hybridized carbons (Fsp3) is 0.333. The summed E-state index contributed by atoms with van der Waals surface area (Å²) in [5.74, 6) is -0.556. The molecule has 1 atom stereocenters. The zero-order chi connectivity index (χ0) is 20.7. The van der Waals surface area contributed by atoms with Crippen molar-refractivity contribution in [3.05, 3.63) is 59.9 Å². The molecule has 150 valence electrons. The first kappa shape index (κ1) is 21.2. The summed E-state index contributed by atoms with van der Waals surface area (Å²) in [7, 11) is 0. The lowest BCUT2D eigenvalue weighted by molar-refractivity contribution is -0.133. The first-order valence-corrected chi connectivity index (χ1v) is 8.89. The van der Waals surface area contributed by atoms with Gasteiger partial charge >= 0.3 is 0 Å². The van der Waals surface area contributed by atoms with Crippen LogP contribution < -0.4 is 20.3 Å². The van der Waals surface area contributed by atoms with Crippen molar-refractivity contribution >= 4 is 11.8 Å². The second kappa shape index (κ2) is 9.21. The fourth-order valence-corrected chi connectivity index (χ4v) is 2.24. The van der Waals surface area contributed by atoms with Crippen molar-refractivity contribution in [3.63, 3.8) is 0 Å². The van der Waals surface area contributed by atoms with Crippen LogP contribution in [0.2, 0.25) is 0 Å². The number of hydrogen-bond acceptors (Lipinski definition) is 4. The van der Waals surface area contributed by atoms with Gasteiger partial charge in [0.05, 0.1) is 0 Å². The Morgan fingerprint density at radius 3 is 2.11 bits per heavy atom. The van der Waals surface area contributed by atoms with Crippen LogP contribution in [-0.4, -0.2) is 24.5 Å². The molecule has 0 aromatic heterocycles. The van der Waals surface area contributed by atoms with Crippen LogP contribution in [0.1, 0.15) is 33.3 Å². The Morgan fingerprint density at radius 1 is 0.964 bits per heavy atom. The Labute approximate surface area is 164 Å². The number of halogens is 1. The molecule has 0 saturated heterocycles. The van der Waals surface area contributed by atoms with E-state index in [0.717, 1.165) is 5.56 Å². The number of nitrogens with one attached hydrogen (secondary N) is 2. The molecule has 0 fully saturated rings. The van der Waals surface area contributed by atoms with Crippen molar-refractivity contribution in [2.75, 3.05) is 6.61 Å². The zero-order valence-corrected chi connectivity index (χ0v) is 16.4. The lowest BCUT2D eigenvalue weighted by atomic mass is 9.87. The number of ether oxygens (including phenoxy) is 2. The van der Waals surface area contributed by atoms with Crippen molar-refractivity contribution in [1.29, 1.82) is 0 Å². The second-order valence-electron chi connectivity index (χ2n) is 7.31. The van der Waals surface area contributed by atoms with E-state index >= 15 is 0 Å². The van der Waals surface area contributed by atoms with Crippen molar-refractivity contribution in [2.24, 2.45) is 0 Å². The molecule has 28 heavy (non-hydrogen) atoms. The van der Waals surface area contributed by atoms with Gasteiger partial charge in [-0.15, -0.1) is 0 Å². The summed E-state index contributed by atoms with van der Waals surface area (Å²) in [6.45, 7) is 7.60. The number of carbonyl (C=O) groups is 2. The van der Waals surface area contributed by atoms with Gasteiger partial charge in [0.1, 0.15) is 17.3 Å². The summed E-state index contributed by atoms with van der Waals surface area (Å²) in [4.78, 5) is 23.8. The van der Waals surface area contributed by atoms with E-state index in [1.807, 2.05) is 12.1 Å². The first-order chi connectivity index (χ1) is 13.1. The van der Waals surface area contributed by atoms with E-state index in [4.69, 9.17) is 9.47 Å². The van der Waals surface area contributed by atoms with Crippen LogP contribution in [0.15, 0.2) is 48.5 Å². The molecule has 2 N–H and O–H groups in total. The molecule has 7 heteroatoms. The molecule has 6 nitrogen and oxygen atoms in total. The van der Waals surface area contributed by atoms with Gasteiger partial charge in [-0.2, -0.15) is 0 Å². The third-order valence-electron chi connectivity index (χ3n) is 3.91. The van der Waals surface area contributed by atoms with Gasteiger partial charge in [0, 0.05) is 0 Å². The monoisotopic (exact) mass is 388 g/mol. The Hall–Kier alpha value is -3.09. The predicted molar refractivity (Wildman–Crippen MR) is 103 cm³/mol. The van der Waals surface area contributed by atoms with Crippen LogP contribution >= 0.6 is 0 Å². The molecule has 2 aromatic rings. The van der Waals surface area contributed by atoms with Crippen LogP contribution in [0.4, 0.5) is 4.39 Å². The van der Waals surface area contributed by atoms with Gasteiger partial charge in [-0.1, -0.05) is 32.9 Å². The van der Waals surface area contributed by atoms with E-state index < -0.39 is 23.7 Å². The molecule has 0 radical (unpaired) electrons. The third kappa shape index (κ3) is 6.57. The lowest BCUT2D eigenvalue weighted by Crippen LogP contribution is -2.48. The van der Waals surface area contributed by atoms with Crippen molar-refractivity contribution in [2.45, 2.75) is 39.2 Å². The summed E-state index contributed by atoms with van der Waals surface area (Å²) in [5.41, 5.74) is 5.72. The largest absolute Gasteiger partial charge is 0.484 e. The number of hydrazine groups is 1. The van der Waals surface area contributed by atoms with E-state index in [-0.39, 0.29) is 12.0 Å². The van der Waals surface area contributed by atoms with Gasteiger partial charge in [0.25, 0.3) is 11.8 Å². The maximum atomic E-state index is 12.9. The molecule has 0 bridgehead atoms. The molecule has 0 saturated carbocycles. The quantitative estimate of drug-likeness (QED) is 0.746. The normalized spacial score (nSPS) is 12.0. The zero-order valence-electron chi connectivity index (χ0n) is 16.4. The lowest BCUT2D eigenvalue weighted by Gasteiger charge is -2.19. The molecule has 0 aliphatic carbocycles. The van der Waals surface area contributed by atoms with Gasteiger partial charge in [-0.3, -0.25) is 20.4 Å². The molecule has 1 unspecified atom stereocenters. The average Bonchev–Trinajstić information content (AvgIpc) is 2.65. The molecule has 2 amide bonds. The van der Waals surface area contributed by atoms with Crippen LogP contribution in [0.25, 0.3) is 0 Å². The average molecular weight is 388 g/mol. The number of hydrogen-bond donors (Lipinski definition) is 2. The minimum Gasteiger partial charge on any atom is -0.484 e. The van der Waals surface area contributed by atoms with E-state index in [2.05, 4.69) is 31.6 Å². The van der Waals surface area contributed by atoms with Gasteiger partial charge in [0.2, 0.25) is 0 Å². The fourth-order valence-electron chi connectivity index (χ4n) is 2.24. The third-order valence-corrected chi connectivity index (χ3v) is 3.91. The van der Waals surface area contributed by atoms with Crippen molar-refractivity contribution < 1.29 is 23.5 Å². The summed E-state index contributed by atoms with van der Waals surface area (Å²) < 4.78 is 23.6. The number of amides is 2. The topological polar surface area (TPSA) is 76.7 Å². The predicted octanol–water partition coefficient (Wildman–Crippen LogP) is 3.12. The van der Waals surface area contributed by atoms with E-state index in [0.29, 0.717) is 11.5 Å². The Kier molecular flexibility index (Phi) is 6.98. The van der Waals surface area contributed by atoms with Crippen LogP contribution in [0.5, 0.6) is 11.5 Å². The van der Waals surface area contributed by atoms with Gasteiger partial charge in [-0.25, -0.2) is 4.39 Å². The standard InChI is InChI=1S/C21H25FN2O4/c1-14(28-18-11-7-16(22)8-12-18)20(26)24-23-19(25)13-27-17-9-5-15(6-10-17)21(2,3)4/h5-12,14H,13H2,1-4H3,(H,23,25)(H,24,26). The highest BCUT2D eigenvalue weighted by Crippen LogP contribution is 2.24. The molecule has 0 aliphatic heterocycles. The smallest absolute Gasteiger partial charge is 0.279 e. The molecule has 0 spiro atoms. The van der Waals surface area contributed by atoms with Crippen LogP contribution in [0, 0.1) is 5.82 Å². The summed E-state index contributed by atoms with van der Waals surface area (Å²) in [5, 5.41) is 0. The van der Waals surface area contributed by atoms with Crippen molar-refractivity contribution in [3.8, 4) is 11.5 Å². The Bertz CT molecular complexity index is 799. The van der Waals surface area contributed by atoms with E-state index in [9.17, 15) is 14.0 Å². The number of rotatable bonds is 6. The molecular formula is C21H25FN2O4. The Morgan fingerprint density at radius 2 is 1.54 bits per heavy atom. The van der Waals surface area contributed by atoms with Gasteiger partial charge in [0.15, 0.2) is 12.7 Å². The van der Waals surface area contributed by atoms with Gasteiger partial charge in [-0.05, 0) is 54.3 Å². The van der Waals surface area contributed by atoms with E-state index in [1.54, 1.807) is 12.1 Å². The summed E-state index contributed by atoms with van der Waals surface area (Å²) in [6, 6.07) is 12.8.